The molecule has 1 aromatic rings. The van der Waals surface area contributed by atoms with Crippen LogP contribution >= 0.6 is 0 Å². The predicted molar refractivity (Wildman–Crippen MR) is 62.1 cm³/mol. The van der Waals surface area contributed by atoms with Gasteiger partial charge in [-0.3, -0.25) is 4.79 Å². The summed E-state index contributed by atoms with van der Waals surface area (Å²) in [6.45, 7) is 5.99. The van der Waals surface area contributed by atoms with Gasteiger partial charge in [-0.1, -0.05) is 20.3 Å². The second-order valence-corrected chi connectivity index (χ2v) is 4.12. The van der Waals surface area contributed by atoms with Gasteiger partial charge in [0.2, 0.25) is 5.76 Å². The molecule has 0 saturated heterocycles. The molecule has 1 aromatic heterocycles. The molecule has 5 nitrogen and oxygen atoms in total. The van der Waals surface area contributed by atoms with Crippen molar-refractivity contribution in [2.75, 3.05) is 0 Å². The highest BCUT2D eigenvalue weighted by Gasteiger charge is 2.18. The summed E-state index contributed by atoms with van der Waals surface area (Å²) in [7, 11) is 0. The molecule has 0 aliphatic rings. The van der Waals surface area contributed by atoms with Gasteiger partial charge in [0.15, 0.2) is 5.76 Å². The molecule has 1 amide bonds. The Morgan fingerprint density at radius 1 is 1.35 bits per heavy atom. The molecular weight excluding hydrogens is 222 g/mol. The Balaban J connectivity index is 2.66. The number of rotatable bonds is 5. The van der Waals surface area contributed by atoms with Gasteiger partial charge in [0.05, 0.1) is 0 Å². The summed E-state index contributed by atoms with van der Waals surface area (Å²) in [6, 6.07) is 2.65. The van der Waals surface area contributed by atoms with Crippen molar-refractivity contribution in [2.45, 2.75) is 33.2 Å². The van der Waals surface area contributed by atoms with Gasteiger partial charge in [-0.15, -0.1) is 0 Å². The molecule has 0 spiro atoms. The average molecular weight is 239 g/mol. The van der Waals surface area contributed by atoms with Crippen LogP contribution in [0.2, 0.25) is 0 Å². The maximum atomic E-state index is 11.7. The topological polar surface area (TPSA) is 79.5 Å². The normalized spacial score (nSPS) is 14.1. The van der Waals surface area contributed by atoms with Gasteiger partial charge in [0.25, 0.3) is 5.91 Å². The van der Waals surface area contributed by atoms with E-state index in [9.17, 15) is 9.59 Å². The Morgan fingerprint density at radius 3 is 2.41 bits per heavy atom. The molecule has 0 aliphatic carbocycles. The number of carbonyl (C=O) groups is 2. The van der Waals surface area contributed by atoms with Crippen LogP contribution in [0.1, 0.15) is 48.3 Å². The van der Waals surface area contributed by atoms with Crippen molar-refractivity contribution >= 4 is 11.9 Å². The van der Waals surface area contributed by atoms with Crippen LogP contribution in [0.25, 0.3) is 0 Å². The zero-order chi connectivity index (χ0) is 13.0. The summed E-state index contributed by atoms with van der Waals surface area (Å²) >= 11 is 0. The lowest BCUT2D eigenvalue weighted by Gasteiger charge is -2.18. The third-order valence-corrected chi connectivity index (χ3v) is 2.90. The summed E-state index contributed by atoms with van der Waals surface area (Å²) in [6.07, 6.45) is 0.958. The van der Waals surface area contributed by atoms with Gasteiger partial charge in [-0.2, -0.15) is 0 Å². The van der Waals surface area contributed by atoms with E-state index in [4.69, 9.17) is 9.52 Å². The van der Waals surface area contributed by atoms with Crippen LogP contribution in [0.4, 0.5) is 0 Å². The SMILES string of the molecule is CC[C@@H](C)[C@@H](C)NC(=O)c1ccc(C(=O)O)o1. The molecule has 0 aromatic carbocycles. The summed E-state index contributed by atoms with van der Waals surface area (Å²) in [5.41, 5.74) is 0. The third-order valence-electron chi connectivity index (χ3n) is 2.90. The Kier molecular flexibility index (Phi) is 4.31. The largest absolute Gasteiger partial charge is 0.475 e. The number of furan rings is 1. The molecule has 0 fully saturated rings. The molecule has 17 heavy (non-hydrogen) atoms. The lowest BCUT2D eigenvalue weighted by atomic mass is 10.0. The van der Waals surface area contributed by atoms with Crippen molar-refractivity contribution in [3.8, 4) is 0 Å². The standard InChI is InChI=1S/C12H17NO4/c1-4-7(2)8(3)13-11(14)9-5-6-10(17-9)12(15)16/h5-8H,4H2,1-3H3,(H,13,14)(H,15,16)/t7-,8-/m1/s1. The number of hydrogen-bond donors (Lipinski definition) is 2. The lowest BCUT2D eigenvalue weighted by molar-refractivity contribution is 0.0659. The number of carbonyl (C=O) groups excluding carboxylic acids is 1. The van der Waals surface area contributed by atoms with Crippen LogP contribution in [-0.4, -0.2) is 23.0 Å². The smallest absolute Gasteiger partial charge is 0.371 e. The lowest BCUT2D eigenvalue weighted by Crippen LogP contribution is -2.36. The van der Waals surface area contributed by atoms with Gasteiger partial charge in [0.1, 0.15) is 0 Å². The fraction of sp³-hybridized carbons (Fsp3) is 0.500. The maximum Gasteiger partial charge on any atom is 0.371 e. The number of nitrogens with one attached hydrogen (secondary N) is 1. The van der Waals surface area contributed by atoms with Gasteiger partial charge in [-0.05, 0) is 25.0 Å². The summed E-state index contributed by atoms with van der Waals surface area (Å²) in [5, 5.41) is 11.4. The zero-order valence-electron chi connectivity index (χ0n) is 10.2. The summed E-state index contributed by atoms with van der Waals surface area (Å²) in [5.74, 6) is -1.42. The van der Waals surface area contributed by atoms with Gasteiger partial charge >= 0.3 is 5.97 Å². The van der Waals surface area contributed by atoms with Crippen LogP contribution < -0.4 is 5.32 Å². The molecular formula is C12H17NO4. The second-order valence-electron chi connectivity index (χ2n) is 4.12. The highest BCUT2D eigenvalue weighted by atomic mass is 16.4. The Hall–Kier alpha value is -1.78. The van der Waals surface area contributed by atoms with Crippen LogP contribution in [0.3, 0.4) is 0 Å². The summed E-state index contributed by atoms with van der Waals surface area (Å²) < 4.78 is 4.91. The van der Waals surface area contributed by atoms with Gasteiger partial charge in [-0.25, -0.2) is 4.79 Å². The second kappa shape index (κ2) is 5.52. The summed E-state index contributed by atoms with van der Waals surface area (Å²) in [4.78, 5) is 22.3. The van der Waals surface area contributed by atoms with Gasteiger partial charge in [0, 0.05) is 6.04 Å². The van der Waals surface area contributed by atoms with Crippen LogP contribution in [0, 0.1) is 5.92 Å². The van der Waals surface area contributed by atoms with E-state index >= 15 is 0 Å². The van der Waals surface area contributed by atoms with E-state index in [1.54, 1.807) is 0 Å². The predicted octanol–water partition coefficient (Wildman–Crippen LogP) is 2.14. The fourth-order valence-electron chi connectivity index (χ4n) is 1.35. The number of amides is 1. The number of carboxylic acid groups (broad SMARTS) is 1. The molecule has 0 saturated carbocycles. The molecule has 1 rings (SSSR count). The van der Waals surface area contributed by atoms with Crippen LogP contribution in [0.15, 0.2) is 16.5 Å². The first-order chi connectivity index (χ1) is 7.95. The molecule has 2 atom stereocenters. The Morgan fingerprint density at radius 2 is 1.94 bits per heavy atom. The minimum absolute atomic E-state index is 0.0193. The highest BCUT2D eigenvalue weighted by molar-refractivity contribution is 5.93. The minimum Gasteiger partial charge on any atom is -0.475 e. The van der Waals surface area contributed by atoms with E-state index in [0.717, 1.165) is 6.42 Å². The van der Waals surface area contributed by atoms with E-state index in [1.165, 1.54) is 12.1 Å². The molecule has 1 heterocycles. The minimum atomic E-state index is -1.18. The first-order valence-corrected chi connectivity index (χ1v) is 5.59. The number of carboxylic acids is 1. The number of hydrogen-bond acceptors (Lipinski definition) is 3. The first kappa shape index (κ1) is 13.3. The Bertz CT molecular complexity index is 410. The van der Waals surface area contributed by atoms with E-state index in [0.29, 0.717) is 5.92 Å². The molecule has 0 bridgehead atoms. The first-order valence-electron chi connectivity index (χ1n) is 5.59. The Labute approximate surface area is 99.8 Å². The monoisotopic (exact) mass is 239 g/mol. The quantitative estimate of drug-likeness (QED) is 0.825. The van der Waals surface area contributed by atoms with Crippen LogP contribution in [-0.2, 0) is 0 Å². The molecule has 94 valence electrons. The molecule has 0 unspecified atom stereocenters. The third kappa shape index (κ3) is 3.34. The van der Waals surface area contributed by atoms with E-state index in [2.05, 4.69) is 5.32 Å². The van der Waals surface area contributed by atoms with Crippen molar-refractivity contribution in [1.29, 1.82) is 0 Å². The van der Waals surface area contributed by atoms with E-state index in [1.807, 2.05) is 20.8 Å². The van der Waals surface area contributed by atoms with E-state index in [-0.39, 0.29) is 23.5 Å². The van der Waals surface area contributed by atoms with Crippen LogP contribution in [0.5, 0.6) is 0 Å². The van der Waals surface area contributed by atoms with Crippen molar-refractivity contribution in [3.05, 3.63) is 23.7 Å². The molecule has 2 N–H and O–H groups in total. The van der Waals surface area contributed by atoms with Crippen molar-refractivity contribution < 1.29 is 19.1 Å². The number of aromatic carboxylic acids is 1. The maximum absolute atomic E-state index is 11.7. The molecule has 0 radical (unpaired) electrons. The van der Waals surface area contributed by atoms with Gasteiger partial charge < -0.3 is 14.8 Å². The molecule has 0 aliphatic heterocycles. The van der Waals surface area contributed by atoms with Crippen molar-refractivity contribution in [3.63, 3.8) is 0 Å². The average Bonchev–Trinajstić information content (AvgIpc) is 2.77. The molecule has 5 heteroatoms. The van der Waals surface area contributed by atoms with Crippen molar-refractivity contribution in [1.82, 2.24) is 5.32 Å². The van der Waals surface area contributed by atoms with E-state index < -0.39 is 5.97 Å². The highest BCUT2D eigenvalue weighted by Crippen LogP contribution is 2.10. The fourth-order valence-corrected chi connectivity index (χ4v) is 1.35. The zero-order valence-corrected chi connectivity index (χ0v) is 10.2. The van der Waals surface area contributed by atoms with Crippen molar-refractivity contribution in [2.24, 2.45) is 5.92 Å².